The number of rotatable bonds is 10. The lowest BCUT2D eigenvalue weighted by molar-refractivity contribution is -0.122. The molecule has 0 aliphatic carbocycles. The second kappa shape index (κ2) is 14.2. The second-order valence-corrected chi connectivity index (χ2v) is 10.6. The van der Waals surface area contributed by atoms with Crippen LogP contribution in [0, 0.1) is 6.92 Å². The number of carbonyl (C=O) groups excluding carboxylic acids is 4. The van der Waals surface area contributed by atoms with Crippen LogP contribution in [0.15, 0.2) is 78.9 Å². The van der Waals surface area contributed by atoms with Gasteiger partial charge in [-0.3, -0.25) is 14.4 Å². The molecule has 0 aromatic heterocycles. The van der Waals surface area contributed by atoms with Crippen molar-refractivity contribution in [2.75, 3.05) is 48.5 Å². The van der Waals surface area contributed by atoms with Crippen molar-refractivity contribution in [2.45, 2.75) is 33.3 Å². The van der Waals surface area contributed by atoms with Gasteiger partial charge in [-0.2, -0.15) is 0 Å². The molecule has 42 heavy (non-hydrogen) atoms. The topological polar surface area (TPSA) is 108 Å². The molecule has 0 aliphatic heterocycles. The summed E-state index contributed by atoms with van der Waals surface area (Å²) in [6.07, 6.45) is -0.753. The molecule has 4 amide bonds. The maximum absolute atomic E-state index is 13.3. The lowest BCUT2D eigenvalue weighted by Crippen LogP contribution is -2.46. The summed E-state index contributed by atoms with van der Waals surface area (Å²) >= 11 is 0. The van der Waals surface area contributed by atoms with E-state index < -0.39 is 24.1 Å². The molecule has 0 saturated heterocycles. The summed E-state index contributed by atoms with van der Waals surface area (Å²) in [4.78, 5) is 55.8. The van der Waals surface area contributed by atoms with E-state index in [0.717, 1.165) is 11.3 Å². The molecule has 0 saturated carbocycles. The highest BCUT2D eigenvalue weighted by molar-refractivity contribution is 6.04. The zero-order chi connectivity index (χ0) is 30.9. The molecule has 3 aromatic carbocycles. The fraction of sp³-hybridized carbons (Fsp3) is 0.312. The van der Waals surface area contributed by atoms with Crippen molar-refractivity contribution in [3.8, 4) is 5.75 Å². The van der Waals surface area contributed by atoms with E-state index in [1.807, 2.05) is 49.4 Å². The first-order valence-electron chi connectivity index (χ1n) is 13.5. The molecule has 0 atom stereocenters. The van der Waals surface area contributed by atoms with E-state index in [-0.39, 0.29) is 25.0 Å². The Morgan fingerprint density at radius 1 is 0.762 bits per heavy atom. The predicted octanol–water partition coefficient (Wildman–Crippen LogP) is 4.56. The number of ether oxygens (including phenoxy) is 2. The van der Waals surface area contributed by atoms with Crippen molar-refractivity contribution in [3.63, 3.8) is 0 Å². The number of aryl methyl sites for hydroxylation is 1. The molecule has 222 valence electrons. The van der Waals surface area contributed by atoms with Gasteiger partial charge in [-0.1, -0.05) is 42.5 Å². The summed E-state index contributed by atoms with van der Waals surface area (Å²) in [5, 5.41) is 2.45. The van der Waals surface area contributed by atoms with Crippen molar-refractivity contribution in [2.24, 2.45) is 0 Å². The zero-order valence-corrected chi connectivity index (χ0v) is 24.9. The number of anilines is 3. The standard InChI is InChI=1S/C32H38N4O6/c1-23-13-10-11-18-27(23)35(6)30(39)22-41-26-17-12-16-25(19-26)36(28(37)20-33-31(40)42-32(2,3)4)21-29(38)34(5)24-14-8-7-9-15-24/h7-19H,20-22H2,1-6H3,(H,33,40). The summed E-state index contributed by atoms with van der Waals surface area (Å²) in [5.41, 5.74) is 2.01. The van der Waals surface area contributed by atoms with Crippen LogP contribution in [0.5, 0.6) is 5.75 Å². The van der Waals surface area contributed by atoms with Crippen LogP contribution < -0.4 is 24.8 Å². The predicted molar refractivity (Wildman–Crippen MR) is 163 cm³/mol. The van der Waals surface area contributed by atoms with Gasteiger partial charge in [-0.25, -0.2) is 4.79 Å². The summed E-state index contributed by atoms with van der Waals surface area (Å²) in [5.74, 6) is -0.819. The Balaban J connectivity index is 1.77. The van der Waals surface area contributed by atoms with Crippen LogP contribution in [-0.2, 0) is 19.1 Å². The molecule has 3 aromatic rings. The smallest absolute Gasteiger partial charge is 0.408 e. The Kier molecular flexibility index (Phi) is 10.7. The SMILES string of the molecule is Cc1ccccc1N(C)C(=O)COc1cccc(N(CC(=O)N(C)c2ccccc2)C(=O)CNC(=O)OC(C)(C)C)c1. The zero-order valence-electron chi connectivity index (χ0n) is 24.9. The fourth-order valence-electron chi connectivity index (χ4n) is 3.97. The van der Waals surface area contributed by atoms with Gasteiger partial charge in [0.25, 0.3) is 5.91 Å². The Morgan fingerprint density at radius 2 is 1.40 bits per heavy atom. The molecule has 0 aliphatic rings. The maximum atomic E-state index is 13.3. The lowest BCUT2D eigenvalue weighted by Gasteiger charge is -2.26. The van der Waals surface area contributed by atoms with Gasteiger partial charge in [-0.15, -0.1) is 0 Å². The van der Waals surface area contributed by atoms with Crippen LogP contribution in [0.25, 0.3) is 0 Å². The number of para-hydroxylation sites is 2. The highest BCUT2D eigenvalue weighted by Crippen LogP contribution is 2.23. The van der Waals surface area contributed by atoms with Crippen molar-refractivity contribution >= 4 is 40.9 Å². The number of nitrogens with zero attached hydrogens (tertiary/aromatic N) is 3. The van der Waals surface area contributed by atoms with E-state index in [4.69, 9.17) is 9.47 Å². The van der Waals surface area contributed by atoms with E-state index in [2.05, 4.69) is 5.32 Å². The Labute approximate surface area is 246 Å². The number of benzene rings is 3. The third-order valence-corrected chi connectivity index (χ3v) is 6.24. The molecule has 0 bridgehead atoms. The minimum absolute atomic E-state index is 0.238. The summed E-state index contributed by atoms with van der Waals surface area (Å²) in [6, 6.07) is 23.1. The van der Waals surface area contributed by atoms with Crippen LogP contribution in [0.3, 0.4) is 0 Å². The van der Waals surface area contributed by atoms with Crippen LogP contribution in [0.1, 0.15) is 26.3 Å². The van der Waals surface area contributed by atoms with E-state index in [1.54, 1.807) is 71.3 Å². The molecular formula is C32H38N4O6. The first kappa shape index (κ1) is 31.7. The van der Waals surface area contributed by atoms with Crippen molar-refractivity contribution < 1.29 is 28.7 Å². The average molecular weight is 575 g/mol. The quantitative estimate of drug-likeness (QED) is 0.381. The third kappa shape index (κ3) is 9.09. The maximum Gasteiger partial charge on any atom is 0.408 e. The summed E-state index contributed by atoms with van der Waals surface area (Å²) in [6.45, 7) is 6.12. The second-order valence-electron chi connectivity index (χ2n) is 10.6. The van der Waals surface area contributed by atoms with E-state index in [0.29, 0.717) is 17.1 Å². The number of carbonyl (C=O) groups is 4. The molecule has 0 fully saturated rings. The molecule has 0 unspecified atom stereocenters. The van der Waals surface area contributed by atoms with Crippen LogP contribution in [-0.4, -0.2) is 63.2 Å². The van der Waals surface area contributed by atoms with Gasteiger partial charge in [0.2, 0.25) is 11.8 Å². The Bertz CT molecular complexity index is 1400. The van der Waals surface area contributed by atoms with E-state index in [9.17, 15) is 19.2 Å². The fourth-order valence-corrected chi connectivity index (χ4v) is 3.97. The van der Waals surface area contributed by atoms with Gasteiger partial charge in [-0.05, 0) is 63.6 Å². The normalized spacial score (nSPS) is 10.8. The van der Waals surface area contributed by atoms with Gasteiger partial charge in [0, 0.05) is 37.2 Å². The van der Waals surface area contributed by atoms with Crippen molar-refractivity contribution in [1.29, 1.82) is 0 Å². The molecule has 10 nitrogen and oxygen atoms in total. The van der Waals surface area contributed by atoms with Gasteiger partial charge >= 0.3 is 6.09 Å². The monoisotopic (exact) mass is 574 g/mol. The highest BCUT2D eigenvalue weighted by Gasteiger charge is 2.24. The third-order valence-electron chi connectivity index (χ3n) is 6.24. The number of hydrogen-bond acceptors (Lipinski definition) is 6. The number of alkyl carbamates (subject to hydrolysis) is 1. The summed E-state index contributed by atoms with van der Waals surface area (Å²) in [7, 11) is 3.30. The number of hydrogen-bond donors (Lipinski definition) is 1. The van der Waals surface area contributed by atoms with Crippen LogP contribution >= 0.6 is 0 Å². The first-order chi connectivity index (χ1) is 19.9. The molecule has 0 heterocycles. The Morgan fingerprint density at radius 3 is 2.07 bits per heavy atom. The first-order valence-corrected chi connectivity index (χ1v) is 13.5. The minimum atomic E-state index is -0.753. The van der Waals surface area contributed by atoms with Gasteiger partial charge < -0.3 is 29.5 Å². The number of nitrogens with one attached hydrogen (secondary N) is 1. The molecule has 1 N–H and O–H groups in total. The minimum Gasteiger partial charge on any atom is -0.484 e. The van der Waals surface area contributed by atoms with Crippen LogP contribution in [0.2, 0.25) is 0 Å². The summed E-state index contributed by atoms with van der Waals surface area (Å²) < 4.78 is 11.0. The largest absolute Gasteiger partial charge is 0.484 e. The van der Waals surface area contributed by atoms with E-state index >= 15 is 0 Å². The number of amides is 4. The average Bonchev–Trinajstić information content (AvgIpc) is 2.96. The lowest BCUT2D eigenvalue weighted by atomic mass is 10.2. The van der Waals surface area contributed by atoms with Gasteiger partial charge in [0.15, 0.2) is 6.61 Å². The molecule has 0 spiro atoms. The Hall–Kier alpha value is -4.86. The molecule has 0 radical (unpaired) electrons. The van der Waals surface area contributed by atoms with Crippen molar-refractivity contribution in [3.05, 3.63) is 84.4 Å². The van der Waals surface area contributed by atoms with Crippen LogP contribution in [0.4, 0.5) is 21.9 Å². The van der Waals surface area contributed by atoms with E-state index in [1.165, 1.54) is 14.7 Å². The molecule has 10 heteroatoms. The van der Waals surface area contributed by atoms with Crippen molar-refractivity contribution in [1.82, 2.24) is 5.32 Å². The highest BCUT2D eigenvalue weighted by atomic mass is 16.6. The number of likely N-dealkylation sites (N-methyl/N-ethyl adjacent to an activating group) is 2. The van der Waals surface area contributed by atoms with Gasteiger partial charge in [0.1, 0.15) is 24.4 Å². The molecular weight excluding hydrogens is 536 g/mol. The molecule has 3 rings (SSSR count). The van der Waals surface area contributed by atoms with Gasteiger partial charge in [0.05, 0.1) is 0 Å².